The highest BCUT2D eigenvalue weighted by Gasteiger charge is 2.52. The topological polar surface area (TPSA) is 47.6 Å². The summed E-state index contributed by atoms with van der Waals surface area (Å²) >= 11 is 0. The Kier molecular flexibility index (Phi) is 6.06. The molecule has 0 heterocycles. The van der Waals surface area contributed by atoms with E-state index in [1.54, 1.807) is 0 Å². The molecule has 2 saturated carbocycles. The SMILES string of the molecule is CCNC(COC1CCCC(C)C1)(C(=O)OCC)C1CC1. The van der Waals surface area contributed by atoms with Crippen molar-refractivity contribution in [1.82, 2.24) is 5.32 Å². The average molecular weight is 297 g/mol. The number of carbonyl (C=O) groups is 1. The van der Waals surface area contributed by atoms with Gasteiger partial charge in [-0.3, -0.25) is 5.32 Å². The van der Waals surface area contributed by atoms with Crippen LogP contribution in [0.25, 0.3) is 0 Å². The van der Waals surface area contributed by atoms with E-state index in [1.165, 1.54) is 12.8 Å². The van der Waals surface area contributed by atoms with Gasteiger partial charge in [-0.25, -0.2) is 4.79 Å². The molecule has 4 heteroatoms. The maximum atomic E-state index is 12.5. The number of nitrogens with one attached hydrogen (secondary N) is 1. The minimum Gasteiger partial charge on any atom is -0.465 e. The number of rotatable bonds is 8. The molecule has 21 heavy (non-hydrogen) atoms. The van der Waals surface area contributed by atoms with Crippen LogP contribution in [0.4, 0.5) is 0 Å². The van der Waals surface area contributed by atoms with Gasteiger partial charge < -0.3 is 9.47 Å². The molecule has 2 aliphatic carbocycles. The van der Waals surface area contributed by atoms with Crippen LogP contribution in [0.3, 0.4) is 0 Å². The summed E-state index contributed by atoms with van der Waals surface area (Å²) in [7, 11) is 0. The molecule has 122 valence electrons. The lowest BCUT2D eigenvalue weighted by atomic mass is 9.88. The van der Waals surface area contributed by atoms with Crippen molar-refractivity contribution >= 4 is 5.97 Å². The van der Waals surface area contributed by atoms with Gasteiger partial charge in [-0.15, -0.1) is 0 Å². The van der Waals surface area contributed by atoms with Crippen LogP contribution in [0.5, 0.6) is 0 Å². The van der Waals surface area contributed by atoms with Gasteiger partial charge in [-0.1, -0.05) is 26.7 Å². The van der Waals surface area contributed by atoms with Gasteiger partial charge in [0.05, 0.1) is 19.3 Å². The highest BCUT2D eigenvalue weighted by Crippen LogP contribution is 2.41. The van der Waals surface area contributed by atoms with Crippen molar-refractivity contribution < 1.29 is 14.3 Å². The number of hydrogen-bond donors (Lipinski definition) is 1. The van der Waals surface area contributed by atoms with Crippen molar-refractivity contribution in [3.8, 4) is 0 Å². The van der Waals surface area contributed by atoms with Gasteiger partial charge in [-0.05, 0) is 51.0 Å². The summed E-state index contributed by atoms with van der Waals surface area (Å²) in [5.74, 6) is 0.983. The fourth-order valence-electron chi connectivity index (χ4n) is 3.54. The minimum absolute atomic E-state index is 0.127. The van der Waals surface area contributed by atoms with E-state index in [0.717, 1.165) is 38.1 Å². The number of hydrogen-bond acceptors (Lipinski definition) is 4. The Hall–Kier alpha value is -0.610. The molecule has 3 unspecified atom stereocenters. The quantitative estimate of drug-likeness (QED) is 0.700. The van der Waals surface area contributed by atoms with Crippen molar-refractivity contribution in [3.63, 3.8) is 0 Å². The first kappa shape index (κ1) is 16.8. The van der Waals surface area contributed by atoms with Gasteiger partial charge in [0.25, 0.3) is 0 Å². The molecule has 0 aromatic rings. The van der Waals surface area contributed by atoms with E-state index in [1.807, 2.05) is 13.8 Å². The van der Waals surface area contributed by atoms with Crippen LogP contribution < -0.4 is 5.32 Å². The number of carbonyl (C=O) groups excluding carboxylic acids is 1. The summed E-state index contributed by atoms with van der Waals surface area (Å²) in [5.41, 5.74) is -0.620. The standard InChI is InChI=1S/C17H31NO3/c1-4-18-17(14-9-10-14,16(19)20-5-2)12-21-15-8-6-7-13(3)11-15/h13-15,18H,4-12H2,1-3H3. The summed E-state index contributed by atoms with van der Waals surface area (Å²) in [6, 6.07) is 0. The third-order valence-corrected chi connectivity index (χ3v) is 4.84. The molecule has 0 bridgehead atoms. The predicted molar refractivity (Wildman–Crippen MR) is 83.1 cm³/mol. The zero-order valence-electron chi connectivity index (χ0n) is 13.8. The largest absolute Gasteiger partial charge is 0.465 e. The van der Waals surface area contributed by atoms with Gasteiger partial charge >= 0.3 is 5.97 Å². The van der Waals surface area contributed by atoms with Crippen LogP contribution in [0, 0.1) is 11.8 Å². The molecule has 3 atom stereocenters. The smallest absolute Gasteiger partial charge is 0.329 e. The van der Waals surface area contributed by atoms with Gasteiger partial charge in [0.2, 0.25) is 0 Å². The second kappa shape index (κ2) is 7.59. The lowest BCUT2D eigenvalue weighted by molar-refractivity contribution is -0.157. The molecule has 0 saturated heterocycles. The Labute approximate surface area is 129 Å². The molecular formula is C17H31NO3. The molecular weight excluding hydrogens is 266 g/mol. The molecule has 4 nitrogen and oxygen atoms in total. The minimum atomic E-state index is -0.620. The Balaban J connectivity index is 1.99. The second-order valence-electron chi connectivity index (χ2n) is 6.70. The average Bonchev–Trinajstić information content (AvgIpc) is 3.29. The number of likely N-dealkylation sites (N-methyl/N-ethyl adjacent to an activating group) is 1. The third kappa shape index (κ3) is 4.19. The Morgan fingerprint density at radius 1 is 1.24 bits per heavy atom. The molecule has 0 aliphatic heterocycles. The van der Waals surface area contributed by atoms with E-state index >= 15 is 0 Å². The van der Waals surface area contributed by atoms with Crippen molar-refractivity contribution in [2.75, 3.05) is 19.8 Å². The number of esters is 1. The Morgan fingerprint density at radius 3 is 2.57 bits per heavy atom. The van der Waals surface area contributed by atoms with Crippen LogP contribution in [-0.4, -0.2) is 37.4 Å². The Bertz CT molecular complexity index is 343. The summed E-state index contributed by atoms with van der Waals surface area (Å²) in [6.45, 7) is 7.85. The molecule has 1 N–H and O–H groups in total. The van der Waals surface area contributed by atoms with Crippen molar-refractivity contribution in [3.05, 3.63) is 0 Å². The second-order valence-corrected chi connectivity index (χ2v) is 6.70. The summed E-state index contributed by atoms with van der Waals surface area (Å²) in [4.78, 5) is 12.5. The van der Waals surface area contributed by atoms with E-state index in [9.17, 15) is 4.79 Å². The summed E-state index contributed by atoms with van der Waals surface area (Å²) in [6.07, 6.45) is 7.28. The van der Waals surface area contributed by atoms with Gasteiger partial charge in [-0.2, -0.15) is 0 Å². The van der Waals surface area contributed by atoms with E-state index in [4.69, 9.17) is 9.47 Å². The van der Waals surface area contributed by atoms with Crippen LogP contribution in [-0.2, 0) is 14.3 Å². The highest BCUT2D eigenvalue weighted by atomic mass is 16.5. The van der Waals surface area contributed by atoms with Crippen molar-refractivity contribution in [2.24, 2.45) is 11.8 Å². The highest BCUT2D eigenvalue weighted by molar-refractivity contribution is 5.82. The first-order valence-corrected chi connectivity index (χ1v) is 8.66. The summed E-state index contributed by atoms with van der Waals surface area (Å²) in [5, 5.41) is 3.39. The number of ether oxygens (including phenoxy) is 2. The lowest BCUT2D eigenvalue weighted by Gasteiger charge is -2.35. The monoisotopic (exact) mass is 297 g/mol. The van der Waals surface area contributed by atoms with Crippen molar-refractivity contribution in [2.45, 2.75) is 70.9 Å². The fraction of sp³-hybridized carbons (Fsp3) is 0.941. The van der Waals surface area contributed by atoms with E-state index in [2.05, 4.69) is 12.2 Å². The van der Waals surface area contributed by atoms with E-state index < -0.39 is 5.54 Å². The van der Waals surface area contributed by atoms with E-state index in [-0.39, 0.29) is 5.97 Å². The van der Waals surface area contributed by atoms with Gasteiger partial charge in [0.15, 0.2) is 0 Å². The molecule has 0 aromatic carbocycles. The van der Waals surface area contributed by atoms with Crippen LogP contribution in [0.2, 0.25) is 0 Å². The zero-order valence-corrected chi connectivity index (χ0v) is 13.8. The molecule has 2 aliphatic rings. The van der Waals surface area contributed by atoms with Crippen LogP contribution in [0.15, 0.2) is 0 Å². The lowest BCUT2D eigenvalue weighted by Crippen LogP contribution is -2.58. The maximum absolute atomic E-state index is 12.5. The first-order valence-electron chi connectivity index (χ1n) is 8.66. The fourth-order valence-corrected chi connectivity index (χ4v) is 3.54. The summed E-state index contributed by atoms with van der Waals surface area (Å²) < 4.78 is 11.5. The molecule has 2 fully saturated rings. The van der Waals surface area contributed by atoms with Crippen LogP contribution >= 0.6 is 0 Å². The molecule has 0 radical (unpaired) electrons. The normalized spacial score (nSPS) is 28.9. The van der Waals surface area contributed by atoms with E-state index in [0.29, 0.717) is 25.2 Å². The first-order chi connectivity index (χ1) is 10.1. The molecule has 2 rings (SSSR count). The molecule has 0 spiro atoms. The molecule has 0 amide bonds. The van der Waals surface area contributed by atoms with Crippen molar-refractivity contribution in [1.29, 1.82) is 0 Å². The predicted octanol–water partition coefficient (Wildman–Crippen LogP) is 2.90. The maximum Gasteiger partial charge on any atom is 0.329 e. The van der Waals surface area contributed by atoms with Gasteiger partial charge in [0.1, 0.15) is 5.54 Å². The third-order valence-electron chi connectivity index (χ3n) is 4.84. The van der Waals surface area contributed by atoms with Gasteiger partial charge in [0, 0.05) is 0 Å². The zero-order chi connectivity index (χ0) is 15.3. The van der Waals surface area contributed by atoms with Crippen LogP contribution in [0.1, 0.15) is 59.3 Å². The molecule has 0 aromatic heterocycles. The Morgan fingerprint density at radius 2 is 2.00 bits per heavy atom.